The first kappa shape index (κ1) is 20.9. The normalized spacial score (nSPS) is 12.6. The van der Waals surface area contributed by atoms with Gasteiger partial charge in [0.25, 0.3) is 0 Å². The molecule has 3 aromatic rings. The zero-order chi connectivity index (χ0) is 20.9. The minimum absolute atomic E-state index is 0.0810. The Morgan fingerprint density at radius 3 is 2.55 bits per heavy atom. The number of hydrogen-bond acceptors (Lipinski definition) is 4. The van der Waals surface area contributed by atoms with Gasteiger partial charge in [0.2, 0.25) is 15.9 Å². The number of rotatable bonds is 9. The summed E-state index contributed by atoms with van der Waals surface area (Å²) in [5, 5.41) is 3.96. The minimum Gasteiger partial charge on any atom is -0.497 e. The summed E-state index contributed by atoms with van der Waals surface area (Å²) in [6.07, 6.45) is 2.76. The van der Waals surface area contributed by atoms with Crippen molar-refractivity contribution in [1.82, 2.24) is 14.6 Å². The number of fused-ring (bicyclic) bond motifs is 1. The van der Waals surface area contributed by atoms with E-state index in [1.807, 2.05) is 18.3 Å². The quantitative estimate of drug-likeness (QED) is 0.526. The molecular weight excluding hydrogens is 390 g/mol. The Balaban J connectivity index is 1.48. The van der Waals surface area contributed by atoms with Crippen molar-refractivity contribution in [1.29, 1.82) is 0 Å². The molecule has 1 aromatic heterocycles. The number of nitrogens with one attached hydrogen (secondary N) is 2. The fourth-order valence-electron chi connectivity index (χ4n) is 3.06. The van der Waals surface area contributed by atoms with Gasteiger partial charge in [0.1, 0.15) is 5.75 Å². The molecule has 3 rings (SSSR count). The van der Waals surface area contributed by atoms with Crippen LogP contribution in [0.15, 0.2) is 65.7 Å². The number of hydrogen-bond donors (Lipinski definition) is 2. The maximum atomic E-state index is 12.4. The first-order valence-electron chi connectivity index (χ1n) is 9.39. The van der Waals surface area contributed by atoms with Crippen molar-refractivity contribution in [3.63, 3.8) is 0 Å². The molecule has 1 atom stereocenters. The molecule has 0 unspecified atom stereocenters. The number of carbonyl (C=O) groups is 1. The molecule has 1 amide bonds. The molecule has 0 fully saturated rings. The van der Waals surface area contributed by atoms with E-state index in [9.17, 15) is 13.2 Å². The predicted molar refractivity (Wildman–Crippen MR) is 112 cm³/mol. The Kier molecular flexibility index (Phi) is 6.56. The second-order valence-corrected chi connectivity index (χ2v) is 8.45. The predicted octanol–water partition coefficient (Wildman–Crippen LogP) is 2.52. The second-order valence-electron chi connectivity index (χ2n) is 6.73. The average Bonchev–Trinajstić information content (AvgIpc) is 3.14. The average molecular weight is 416 g/mol. The monoisotopic (exact) mass is 415 g/mol. The molecule has 29 heavy (non-hydrogen) atoms. The van der Waals surface area contributed by atoms with Crippen molar-refractivity contribution < 1.29 is 17.9 Å². The molecule has 0 aliphatic heterocycles. The lowest BCUT2D eigenvalue weighted by molar-refractivity contribution is -0.122. The summed E-state index contributed by atoms with van der Waals surface area (Å²) in [5.74, 6) is 0.199. The Morgan fingerprint density at radius 1 is 1.10 bits per heavy atom. The van der Waals surface area contributed by atoms with E-state index in [0.717, 1.165) is 18.5 Å². The molecule has 0 aliphatic carbocycles. The third-order valence-corrected chi connectivity index (χ3v) is 6.21. The molecule has 0 radical (unpaired) electrons. The van der Waals surface area contributed by atoms with Crippen molar-refractivity contribution in [2.24, 2.45) is 0 Å². The molecule has 0 saturated heterocycles. The molecule has 7 nitrogen and oxygen atoms in total. The van der Waals surface area contributed by atoms with Crippen LogP contribution in [0.3, 0.4) is 0 Å². The van der Waals surface area contributed by atoms with E-state index in [0.29, 0.717) is 12.3 Å². The van der Waals surface area contributed by atoms with Gasteiger partial charge in [-0.2, -0.15) is 4.72 Å². The van der Waals surface area contributed by atoms with Crippen LogP contribution in [-0.4, -0.2) is 38.6 Å². The molecule has 2 aromatic carbocycles. The lowest BCUT2D eigenvalue weighted by Gasteiger charge is -2.15. The molecular formula is C21H25N3O4S. The van der Waals surface area contributed by atoms with E-state index in [-0.39, 0.29) is 10.8 Å². The van der Waals surface area contributed by atoms with Gasteiger partial charge in [-0.05, 0) is 55.1 Å². The zero-order valence-electron chi connectivity index (χ0n) is 16.5. The minimum atomic E-state index is -3.79. The van der Waals surface area contributed by atoms with Gasteiger partial charge >= 0.3 is 0 Å². The number of sulfonamides is 1. The number of nitrogens with zero attached hydrogens (tertiary/aromatic N) is 1. The third-order valence-electron chi connectivity index (χ3n) is 4.65. The Morgan fingerprint density at radius 2 is 1.83 bits per heavy atom. The van der Waals surface area contributed by atoms with Crippen LogP contribution in [0.1, 0.15) is 13.3 Å². The van der Waals surface area contributed by atoms with Crippen LogP contribution in [0.2, 0.25) is 0 Å². The molecule has 154 valence electrons. The number of amides is 1. The van der Waals surface area contributed by atoms with Crippen LogP contribution in [-0.2, 0) is 21.4 Å². The Bertz CT molecular complexity index is 1070. The number of aromatic nitrogens is 1. The smallest absolute Gasteiger partial charge is 0.241 e. The lowest BCUT2D eigenvalue weighted by Crippen LogP contribution is -2.45. The van der Waals surface area contributed by atoms with Crippen molar-refractivity contribution >= 4 is 26.8 Å². The number of benzene rings is 2. The van der Waals surface area contributed by atoms with E-state index in [1.54, 1.807) is 12.1 Å². The van der Waals surface area contributed by atoms with Crippen LogP contribution in [0.4, 0.5) is 0 Å². The maximum Gasteiger partial charge on any atom is 0.241 e. The topological polar surface area (TPSA) is 89.4 Å². The standard InChI is InChI=1S/C21H25N3O4S/c1-16(23-29(26,27)19-10-8-18(28-2)9-11-19)21(25)22-13-5-14-24-15-12-17-6-3-4-7-20(17)24/h3-4,6-12,15-16,23H,5,13-14H2,1-2H3,(H,22,25)/t16-/m0/s1. The lowest BCUT2D eigenvalue weighted by atomic mass is 10.2. The summed E-state index contributed by atoms with van der Waals surface area (Å²) in [4.78, 5) is 12.3. The SMILES string of the molecule is COc1ccc(S(=O)(=O)N[C@@H](C)C(=O)NCCCn2ccc3ccccc32)cc1. The number of ether oxygens (including phenoxy) is 1. The molecule has 0 aliphatic rings. The summed E-state index contributed by atoms with van der Waals surface area (Å²) in [7, 11) is -2.28. The van der Waals surface area contributed by atoms with Crippen molar-refractivity contribution in [2.45, 2.75) is 30.8 Å². The van der Waals surface area contributed by atoms with Gasteiger partial charge in [-0.25, -0.2) is 8.42 Å². The summed E-state index contributed by atoms with van der Waals surface area (Å²) in [6, 6.07) is 15.3. The van der Waals surface area contributed by atoms with Crippen LogP contribution >= 0.6 is 0 Å². The van der Waals surface area contributed by atoms with Gasteiger partial charge < -0.3 is 14.6 Å². The van der Waals surface area contributed by atoms with Crippen molar-refractivity contribution in [3.05, 3.63) is 60.8 Å². The van der Waals surface area contributed by atoms with Gasteiger partial charge in [-0.15, -0.1) is 0 Å². The van der Waals surface area contributed by atoms with Gasteiger partial charge in [0.15, 0.2) is 0 Å². The number of carbonyl (C=O) groups excluding carboxylic acids is 1. The fourth-order valence-corrected chi connectivity index (χ4v) is 4.26. The molecule has 1 heterocycles. The highest BCUT2D eigenvalue weighted by atomic mass is 32.2. The van der Waals surface area contributed by atoms with Gasteiger partial charge in [0, 0.05) is 24.8 Å². The Labute approximate surface area is 170 Å². The number of methoxy groups -OCH3 is 1. The summed E-state index contributed by atoms with van der Waals surface area (Å²) in [5.41, 5.74) is 1.15. The summed E-state index contributed by atoms with van der Waals surface area (Å²) < 4.78 is 34.4. The van der Waals surface area contributed by atoms with Crippen molar-refractivity contribution in [3.8, 4) is 5.75 Å². The highest BCUT2D eigenvalue weighted by Crippen LogP contribution is 2.16. The van der Waals surface area contributed by atoms with Gasteiger partial charge in [-0.1, -0.05) is 18.2 Å². The van der Waals surface area contributed by atoms with Crippen LogP contribution in [0.5, 0.6) is 5.75 Å². The highest BCUT2D eigenvalue weighted by Gasteiger charge is 2.21. The Hall–Kier alpha value is -2.84. The first-order valence-corrected chi connectivity index (χ1v) is 10.9. The molecule has 2 N–H and O–H groups in total. The third kappa shape index (κ3) is 5.16. The van der Waals surface area contributed by atoms with Crippen LogP contribution in [0, 0.1) is 0 Å². The first-order chi connectivity index (χ1) is 13.9. The molecule has 0 bridgehead atoms. The van der Waals surface area contributed by atoms with E-state index >= 15 is 0 Å². The maximum absolute atomic E-state index is 12.4. The molecule has 0 spiro atoms. The van der Waals surface area contributed by atoms with E-state index in [2.05, 4.69) is 32.8 Å². The van der Waals surface area contributed by atoms with Crippen LogP contribution < -0.4 is 14.8 Å². The molecule has 0 saturated carbocycles. The number of para-hydroxylation sites is 1. The van der Waals surface area contributed by atoms with E-state index < -0.39 is 16.1 Å². The number of aryl methyl sites for hydroxylation is 1. The molecule has 8 heteroatoms. The van der Waals surface area contributed by atoms with Crippen molar-refractivity contribution in [2.75, 3.05) is 13.7 Å². The largest absolute Gasteiger partial charge is 0.497 e. The van der Waals surface area contributed by atoms with Crippen LogP contribution in [0.25, 0.3) is 10.9 Å². The highest BCUT2D eigenvalue weighted by molar-refractivity contribution is 7.89. The second kappa shape index (κ2) is 9.11. The fraction of sp³-hybridized carbons (Fsp3) is 0.286. The van der Waals surface area contributed by atoms with Gasteiger partial charge in [-0.3, -0.25) is 4.79 Å². The van der Waals surface area contributed by atoms with E-state index in [1.165, 1.54) is 31.6 Å². The van der Waals surface area contributed by atoms with E-state index in [4.69, 9.17) is 4.74 Å². The summed E-state index contributed by atoms with van der Waals surface area (Å²) >= 11 is 0. The summed E-state index contributed by atoms with van der Waals surface area (Å²) in [6.45, 7) is 2.75. The zero-order valence-corrected chi connectivity index (χ0v) is 17.3. The van der Waals surface area contributed by atoms with Gasteiger partial charge in [0.05, 0.1) is 18.0 Å².